The maximum atomic E-state index is 12.7. The Morgan fingerprint density at radius 2 is 1.72 bits per heavy atom. The number of aromatic nitrogens is 1. The molecule has 0 amide bonds. The number of anilines is 1. The lowest BCUT2D eigenvalue weighted by atomic mass is 10.3. The van der Waals surface area contributed by atoms with Gasteiger partial charge in [-0.05, 0) is 30.7 Å². The fraction of sp³-hybridized carbons (Fsp3) is 0.294. The predicted octanol–water partition coefficient (Wildman–Crippen LogP) is 1.68. The van der Waals surface area contributed by atoms with Crippen molar-refractivity contribution in [3.05, 3.63) is 54.2 Å². The van der Waals surface area contributed by atoms with Crippen LogP contribution in [0.1, 0.15) is 16.9 Å². The van der Waals surface area contributed by atoms with Gasteiger partial charge in [-0.2, -0.15) is 4.31 Å². The Kier molecular flexibility index (Phi) is 5.00. The molecule has 1 saturated heterocycles. The van der Waals surface area contributed by atoms with Gasteiger partial charge < -0.3 is 10.0 Å². The molecule has 1 aromatic heterocycles. The molecule has 0 unspecified atom stereocenters. The van der Waals surface area contributed by atoms with Crippen LogP contribution >= 0.6 is 0 Å². The van der Waals surface area contributed by atoms with E-state index in [9.17, 15) is 13.2 Å². The predicted molar refractivity (Wildman–Crippen MR) is 93.2 cm³/mol. The Morgan fingerprint density at radius 3 is 2.44 bits per heavy atom. The molecule has 3 rings (SSSR count). The normalized spacial score (nSPS) is 16.4. The molecular weight excluding hydrogens is 342 g/mol. The molecule has 1 aromatic carbocycles. The van der Waals surface area contributed by atoms with Crippen LogP contribution in [0.3, 0.4) is 0 Å². The Balaban J connectivity index is 1.77. The number of hydrogen-bond donors (Lipinski definition) is 1. The van der Waals surface area contributed by atoms with Crippen molar-refractivity contribution in [1.29, 1.82) is 0 Å². The summed E-state index contributed by atoms with van der Waals surface area (Å²) in [6.45, 7) is 1.83. The Labute approximate surface area is 146 Å². The summed E-state index contributed by atoms with van der Waals surface area (Å²) in [5.74, 6) is -0.524. The standard InChI is InChI=1S/C17H19N3O4S/c21-17(22)15-8-4-9-16(18-15)19-10-5-11-20(13-12-19)25(23,24)14-6-2-1-3-7-14/h1-4,6-9H,5,10-13H2,(H,21,22). The van der Waals surface area contributed by atoms with Gasteiger partial charge in [-0.15, -0.1) is 0 Å². The molecule has 0 spiro atoms. The minimum Gasteiger partial charge on any atom is -0.477 e. The first-order valence-corrected chi connectivity index (χ1v) is 9.43. The molecule has 25 heavy (non-hydrogen) atoms. The largest absolute Gasteiger partial charge is 0.477 e. The summed E-state index contributed by atoms with van der Waals surface area (Å²) in [5, 5.41) is 9.07. The van der Waals surface area contributed by atoms with Gasteiger partial charge in [-0.3, -0.25) is 0 Å². The number of pyridine rings is 1. The number of rotatable bonds is 4. The van der Waals surface area contributed by atoms with Gasteiger partial charge >= 0.3 is 5.97 Å². The van der Waals surface area contributed by atoms with E-state index in [2.05, 4.69) is 4.98 Å². The van der Waals surface area contributed by atoms with Crippen LogP contribution in [0.15, 0.2) is 53.4 Å². The third kappa shape index (κ3) is 3.80. The average molecular weight is 361 g/mol. The SMILES string of the molecule is O=C(O)c1cccc(N2CCCN(S(=O)(=O)c3ccccc3)CC2)n1. The van der Waals surface area contributed by atoms with Crippen molar-refractivity contribution in [2.45, 2.75) is 11.3 Å². The van der Waals surface area contributed by atoms with Gasteiger partial charge in [0.15, 0.2) is 5.69 Å². The van der Waals surface area contributed by atoms with Crippen LogP contribution < -0.4 is 4.90 Å². The van der Waals surface area contributed by atoms with E-state index < -0.39 is 16.0 Å². The summed E-state index contributed by atoms with van der Waals surface area (Å²) < 4.78 is 27.0. The number of benzene rings is 1. The Morgan fingerprint density at radius 1 is 0.960 bits per heavy atom. The second kappa shape index (κ2) is 7.20. The first-order valence-electron chi connectivity index (χ1n) is 7.99. The number of carboxylic acids is 1. The van der Waals surface area contributed by atoms with Crippen molar-refractivity contribution >= 4 is 21.8 Å². The monoisotopic (exact) mass is 361 g/mol. The number of carboxylic acid groups (broad SMARTS) is 1. The van der Waals surface area contributed by atoms with E-state index in [1.807, 2.05) is 4.90 Å². The first kappa shape index (κ1) is 17.4. The molecule has 2 aromatic rings. The lowest BCUT2D eigenvalue weighted by Gasteiger charge is -2.22. The fourth-order valence-corrected chi connectivity index (χ4v) is 4.31. The van der Waals surface area contributed by atoms with E-state index in [4.69, 9.17) is 5.11 Å². The number of sulfonamides is 1. The summed E-state index contributed by atoms with van der Waals surface area (Å²) in [5.41, 5.74) is -0.0180. The third-order valence-electron chi connectivity index (χ3n) is 4.11. The van der Waals surface area contributed by atoms with Crippen LogP contribution in [-0.2, 0) is 10.0 Å². The van der Waals surface area contributed by atoms with Gasteiger partial charge in [0.05, 0.1) is 4.90 Å². The molecule has 8 heteroatoms. The summed E-state index contributed by atoms with van der Waals surface area (Å²) in [7, 11) is -3.52. The lowest BCUT2D eigenvalue weighted by Crippen LogP contribution is -2.35. The molecular formula is C17H19N3O4S. The van der Waals surface area contributed by atoms with Crippen molar-refractivity contribution in [3.63, 3.8) is 0 Å². The van der Waals surface area contributed by atoms with Crippen LogP contribution in [-0.4, -0.2) is 55.0 Å². The maximum absolute atomic E-state index is 12.7. The second-order valence-corrected chi connectivity index (χ2v) is 7.68. The Bertz CT molecular complexity index is 855. The minimum atomic E-state index is -3.52. The quantitative estimate of drug-likeness (QED) is 0.891. The average Bonchev–Trinajstić information content (AvgIpc) is 2.89. The van der Waals surface area contributed by atoms with Gasteiger partial charge in [-0.1, -0.05) is 24.3 Å². The summed E-state index contributed by atoms with van der Waals surface area (Å²) in [6.07, 6.45) is 0.644. The number of nitrogens with zero attached hydrogens (tertiary/aromatic N) is 3. The lowest BCUT2D eigenvalue weighted by molar-refractivity contribution is 0.0690. The van der Waals surface area contributed by atoms with Crippen molar-refractivity contribution in [1.82, 2.24) is 9.29 Å². The molecule has 0 atom stereocenters. The topological polar surface area (TPSA) is 90.8 Å². The van der Waals surface area contributed by atoms with Gasteiger partial charge in [0.1, 0.15) is 5.82 Å². The minimum absolute atomic E-state index is 0.0180. The number of aromatic carboxylic acids is 1. The van der Waals surface area contributed by atoms with E-state index >= 15 is 0 Å². The summed E-state index contributed by atoms with van der Waals surface area (Å²) in [4.78, 5) is 17.4. The fourth-order valence-electron chi connectivity index (χ4n) is 2.82. The van der Waals surface area contributed by atoms with E-state index in [1.165, 1.54) is 10.4 Å². The molecule has 1 fully saturated rings. The highest BCUT2D eigenvalue weighted by molar-refractivity contribution is 7.89. The van der Waals surface area contributed by atoms with Crippen molar-refractivity contribution in [3.8, 4) is 0 Å². The molecule has 1 aliphatic rings. The molecule has 2 heterocycles. The zero-order valence-electron chi connectivity index (χ0n) is 13.6. The van der Waals surface area contributed by atoms with E-state index in [1.54, 1.807) is 42.5 Å². The molecule has 0 aliphatic carbocycles. The number of carbonyl (C=O) groups is 1. The smallest absolute Gasteiger partial charge is 0.354 e. The highest BCUT2D eigenvalue weighted by Crippen LogP contribution is 2.20. The van der Waals surface area contributed by atoms with Crippen molar-refractivity contribution < 1.29 is 18.3 Å². The van der Waals surface area contributed by atoms with Gasteiger partial charge in [0, 0.05) is 26.2 Å². The van der Waals surface area contributed by atoms with Gasteiger partial charge in [-0.25, -0.2) is 18.2 Å². The van der Waals surface area contributed by atoms with E-state index in [0.29, 0.717) is 38.4 Å². The van der Waals surface area contributed by atoms with E-state index in [0.717, 1.165) is 0 Å². The third-order valence-corrected chi connectivity index (χ3v) is 6.03. The highest BCUT2D eigenvalue weighted by Gasteiger charge is 2.27. The van der Waals surface area contributed by atoms with Gasteiger partial charge in [0.2, 0.25) is 10.0 Å². The Hall–Kier alpha value is -2.45. The molecule has 7 nitrogen and oxygen atoms in total. The first-order chi connectivity index (χ1) is 12.0. The van der Waals surface area contributed by atoms with Crippen LogP contribution in [0.25, 0.3) is 0 Å². The second-order valence-electron chi connectivity index (χ2n) is 5.74. The molecule has 0 saturated carbocycles. The van der Waals surface area contributed by atoms with Crippen LogP contribution in [0.5, 0.6) is 0 Å². The molecule has 132 valence electrons. The zero-order valence-corrected chi connectivity index (χ0v) is 14.4. The summed E-state index contributed by atoms with van der Waals surface area (Å²) >= 11 is 0. The van der Waals surface area contributed by atoms with Crippen molar-refractivity contribution in [2.75, 3.05) is 31.1 Å². The van der Waals surface area contributed by atoms with Crippen LogP contribution in [0, 0.1) is 0 Å². The zero-order chi connectivity index (χ0) is 17.9. The number of hydrogen-bond acceptors (Lipinski definition) is 5. The molecule has 1 aliphatic heterocycles. The van der Waals surface area contributed by atoms with Crippen molar-refractivity contribution in [2.24, 2.45) is 0 Å². The highest BCUT2D eigenvalue weighted by atomic mass is 32.2. The maximum Gasteiger partial charge on any atom is 0.354 e. The van der Waals surface area contributed by atoms with Gasteiger partial charge in [0.25, 0.3) is 0 Å². The molecule has 1 N–H and O–H groups in total. The molecule has 0 bridgehead atoms. The molecule has 0 radical (unpaired) electrons. The summed E-state index contributed by atoms with van der Waals surface area (Å²) in [6, 6.07) is 13.2. The van der Waals surface area contributed by atoms with E-state index in [-0.39, 0.29) is 10.6 Å². The van der Waals surface area contributed by atoms with Crippen LogP contribution in [0.2, 0.25) is 0 Å². The van der Waals surface area contributed by atoms with Crippen LogP contribution in [0.4, 0.5) is 5.82 Å².